The van der Waals surface area contributed by atoms with E-state index in [1.165, 1.54) is 6.20 Å². The predicted octanol–water partition coefficient (Wildman–Crippen LogP) is 4.28. The smallest absolute Gasteiger partial charge is 0.366 e. The van der Waals surface area contributed by atoms with Crippen molar-refractivity contribution in [1.29, 1.82) is 0 Å². The third kappa shape index (κ3) is 4.06. The third-order valence-electron chi connectivity index (χ3n) is 2.42. The molecule has 6 heteroatoms. The summed E-state index contributed by atoms with van der Waals surface area (Å²) in [7, 11) is 0. The highest BCUT2D eigenvalue weighted by Crippen LogP contribution is 2.29. The standard InChI is InChI=1S/C15H11BrClNO3/c1-2-8-20-13-4-3-7-18-14(13)15(19)21-12-6-5-10(17)9-11(12)16/h2-7,9H,1,8H2. The molecular formula is C15H11BrClNO3. The number of hydrogen-bond acceptors (Lipinski definition) is 4. The lowest BCUT2D eigenvalue weighted by molar-refractivity contribution is 0.0723. The first-order chi connectivity index (χ1) is 10.1. The molecule has 108 valence electrons. The van der Waals surface area contributed by atoms with Crippen molar-refractivity contribution in [2.75, 3.05) is 6.61 Å². The lowest BCUT2D eigenvalue weighted by Gasteiger charge is -2.09. The topological polar surface area (TPSA) is 48.4 Å². The van der Waals surface area contributed by atoms with Crippen LogP contribution in [0, 0.1) is 0 Å². The minimum Gasteiger partial charge on any atom is -0.487 e. The van der Waals surface area contributed by atoms with Crippen LogP contribution in [0.25, 0.3) is 0 Å². The number of esters is 1. The van der Waals surface area contributed by atoms with Crippen LogP contribution in [-0.2, 0) is 0 Å². The lowest BCUT2D eigenvalue weighted by atomic mass is 10.3. The predicted molar refractivity (Wildman–Crippen MR) is 84.0 cm³/mol. The van der Waals surface area contributed by atoms with Crippen LogP contribution in [0.5, 0.6) is 11.5 Å². The van der Waals surface area contributed by atoms with Crippen LogP contribution >= 0.6 is 27.5 Å². The zero-order chi connectivity index (χ0) is 15.2. The second-order valence-electron chi connectivity index (χ2n) is 3.91. The van der Waals surface area contributed by atoms with Crippen molar-refractivity contribution in [3.63, 3.8) is 0 Å². The zero-order valence-corrected chi connectivity index (χ0v) is 13.2. The second kappa shape index (κ2) is 7.24. The molecular weight excluding hydrogens is 358 g/mol. The number of hydrogen-bond donors (Lipinski definition) is 0. The van der Waals surface area contributed by atoms with Crippen molar-refractivity contribution >= 4 is 33.5 Å². The summed E-state index contributed by atoms with van der Waals surface area (Å²) >= 11 is 9.12. The van der Waals surface area contributed by atoms with Crippen LogP contribution in [0.15, 0.2) is 53.7 Å². The van der Waals surface area contributed by atoms with Gasteiger partial charge in [0.2, 0.25) is 0 Å². The molecule has 0 radical (unpaired) electrons. The first-order valence-electron chi connectivity index (χ1n) is 5.97. The van der Waals surface area contributed by atoms with Crippen molar-refractivity contribution in [3.8, 4) is 11.5 Å². The van der Waals surface area contributed by atoms with Crippen molar-refractivity contribution in [3.05, 3.63) is 64.4 Å². The Morgan fingerprint density at radius 3 is 2.90 bits per heavy atom. The summed E-state index contributed by atoms with van der Waals surface area (Å²) in [5.74, 6) is 0.0786. The van der Waals surface area contributed by atoms with Crippen LogP contribution < -0.4 is 9.47 Å². The van der Waals surface area contributed by atoms with E-state index in [0.29, 0.717) is 21.0 Å². The Labute approximate surface area is 135 Å². The highest BCUT2D eigenvalue weighted by atomic mass is 79.9. The maximum Gasteiger partial charge on any atom is 0.366 e. The van der Waals surface area contributed by atoms with E-state index in [9.17, 15) is 4.79 Å². The Hall–Kier alpha value is -1.85. The van der Waals surface area contributed by atoms with Gasteiger partial charge in [-0.2, -0.15) is 0 Å². The molecule has 0 aliphatic carbocycles. The van der Waals surface area contributed by atoms with Gasteiger partial charge in [-0.3, -0.25) is 0 Å². The number of pyridine rings is 1. The van der Waals surface area contributed by atoms with E-state index in [1.54, 1.807) is 36.4 Å². The molecule has 0 spiro atoms. The number of halogens is 2. The molecule has 0 amide bonds. The third-order valence-corrected chi connectivity index (χ3v) is 3.27. The molecule has 2 aromatic rings. The van der Waals surface area contributed by atoms with E-state index in [1.807, 2.05) is 0 Å². The van der Waals surface area contributed by atoms with E-state index >= 15 is 0 Å². The minimum absolute atomic E-state index is 0.0983. The van der Waals surface area contributed by atoms with E-state index in [0.717, 1.165) is 0 Å². The number of aromatic nitrogens is 1. The zero-order valence-electron chi connectivity index (χ0n) is 10.9. The van der Waals surface area contributed by atoms with Gasteiger partial charge in [0, 0.05) is 11.2 Å². The molecule has 0 saturated carbocycles. The van der Waals surface area contributed by atoms with E-state index in [2.05, 4.69) is 27.5 Å². The van der Waals surface area contributed by atoms with Crippen LogP contribution in [0.3, 0.4) is 0 Å². The van der Waals surface area contributed by atoms with Crippen molar-refractivity contribution in [2.45, 2.75) is 0 Å². The molecule has 0 aliphatic rings. The summed E-state index contributed by atoms with van der Waals surface area (Å²) in [6, 6.07) is 8.18. The van der Waals surface area contributed by atoms with Gasteiger partial charge in [0.05, 0.1) is 4.47 Å². The van der Waals surface area contributed by atoms with Gasteiger partial charge in [-0.15, -0.1) is 0 Å². The first kappa shape index (κ1) is 15.5. The summed E-state index contributed by atoms with van der Waals surface area (Å²) < 4.78 is 11.3. The fourth-order valence-corrected chi connectivity index (χ4v) is 2.28. The molecule has 0 unspecified atom stereocenters. The Morgan fingerprint density at radius 2 is 2.19 bits per heavy atom. The maximum absolute atomic E-state index is 12.2. The maximum atomic E-state index is 12.2. The largest absolute Gasteiger partial charge is 0.487 e. The molecule has 4 nitrogen and oxygen atoms in total. The Balaban J connectivity index is 2.22. The Kier molecular flexibility index (Phi) is 5.36. The van der Waals surface area contributed by atoms with Gasteiger partial charge in [0.25, 0.3) is 0 Å². The lowest BCUT2D eigenvalue weighted by Crippen LogP contribution is -2.13. The molecule has 0 fully saturated rings. The second-order valence-corrected chi connectivity index (χ2v) is 5.20. The number of ether oxygens (including phenoxy) is 2. The van der Waals surface area contributed by atoms with Crippen LogP contribution in [0.4, 0.5) is 0 Å². The van der Waals surface area contributed by atoms with E-state index in [4.69, 9.17) is 21.1 Å². The Morgan fingerprint density at radius 1 is 1.38 bits per heavy atom. The van der Waals surface area contributed by atoms with Gasteiger partial charge < -0.3 is 9.47 Å². The van der Waals surface area contributed by atoms with Crippen LogP contribution in [-0.4, -0.2) is 17.6 Å². The van der Waals surface area contributed by atoms with Gasteiger partial charge in [-0.25, -0.2) is 9.78 Å². The van der Waals surface area contributed by atoms with Crippen LogP contribution in [0.2, 0.25) is 5.02 Å². The SMILES string of the molecule is C=CCOc1cccnc1C(=O)Oc1ccc(Cl)cc1Br. The number of benzene rings is 1. The van der Waals surface area contributed by atoms with Gasteiger partial charge in [-0.05, 0) is 46.3 Å². The average molecular weight is 369 g/mol. The van der Waals surface area contributed by atoms with E-state index in [-0.39, 0.29) is 12.3 Å². The monoisotopic (exact) mass is 367 g/mol. The normalized spacial score (nSPS) is 10.0. The first-order valence-corrected chi connectivity index (χ1v) is 7.15. The van der Waals surface area contributed by atoms with Crippen molar-refractivity contribution in [2.24, 2.45) is 0 Å². The summed E-state index contributed by atoms with van der Waals surface area (Å²) in [5, 5.41) is 0.537. The van der Waals surface area contributed by atoms with Gasteiger partial charge in [-0.1, -0.05) is 24.3 Å². The summed E-state index contributed by atoms with van der Waals surface area (Å²) in [6.45, 7) is 3.83. The van der Waals surface area contributed by atoms with E-state index < -0.39 is 5.97 Å². The van der Waals surface area contributed by atoms with Gasteiger partial charge in [0.1, 0.15) is 12.4 Å². The molecule has 0 bridgehead atoms. The molecule has 2 rings (SSSR count). The molecule has 1 heterocycles. The Bertz CT molecular complexity index is 676. The molecule has 0 aliphatic heterocycles. The summed E-state index contributed by atoms with van der Waals surface area (Å²) in [5.41, 5.74) is 0.0983. The fraction of sp³-hybridized carbons (Fsp3) is 0.0667. The fourth-order valence-electron chi connectivity index (χ4n) is 1.52. The summed E-state index contributed by atoms with van der Waals surface area (Å²) in [6.07, 6.45) is 3.08. The average Bonchev–Trinajstić information content (AvgIpc) is 2.48. The number of rotatable bonds is 5. The summed E-state index contributed by atoms with van der Waals surface area (Å²) in [4.78, 5) is 16.2. The minimum atomic E-state index is -0.613. The molecule has 0 atom stereocenters. The molecule has 0 N–H and O–H groups in total. The van der Waals surface area contributed by atoms with Crippen molar-refractivity contribution in [1.82, 2.24) is 4.98 Å². The molecule has 1 aromatic carbocycles. The van der Waals surface area contributed by atoms with Crippen molar-refractivity contribution < 1.29 is 14.3 Å². The highest BCUT2D eigenvalue weighted by Gasteiger charge is 2.17. The molecule has 21 heavy (non-hydrogen) atoms. The molecule has 1 aromatic heterocycles. The molecule has 0 saturated heterocycles. The highest BCUT2D eigenvalue weighted by molar-refractivity contribution is 9.10. The number of carbonyl (C=O) groups excluding carboxylic acids is 1. The number of carbonyl (C=O) groups is 1. The quantitative estimate of drug-likeness (QED) is 0.449. The van der Waals surface area contributed by atoms with Gasteiger partial charge in [0.15, 0.2) is 11.4 Å². The van der Waals surface area contributed by atoms with Crippen LogP contribution in [0.1, 0.15) is 10.5 Å². The number of nitrogens with zero attached hydrogens (tertiary/aromatic N) is 1. The van der Waals surface area contributed by atoms with Gasteiger partial charge >= 0.3 is 5.97 Å².